The Morgan fingerprint density at radius 1 is 1.12 bits per heavy atom. The molecule has 0 fully saturated rings. The molecule has 10 heteroatoms. The Labute approximate surface area is 153 Å². The van der Waals surface area contributed by atoms with E-state index < -0.39 is 20.0 Å². The fourth-order valence-electron chi connectivity index (χ4n) is 2.15. The zero-order chi connectivity index (χ0) is 19.2. The number of methoxy groups -OCH3 is 1. The molecule has 26 heavy (non-hydrogen) atoms. The Hall–Kier alpha value is -2.01. The number of hydrogen-bond donors (Lipinski definition) is 2. The second-order valence-corrected chi connectivity index (χ2v) is 9.22. The summed E-state index contributed by atoms with van der Waals surface area (Å²) in [7, 11) is -6.16. The van der Waals surface area contributed by atoms with Crippen LogP contribution in [0, 0.1) is 6.92 Å². The average Bonchev–Trinajstić information content (AvgIpc) is 2.60. The van der Waals surface area contributed by atoms with Crippen molar-refractivity contribution in [2.45, 2.75) is 18.4 Å². The van der Waals surface area contributed by atoms with Crippen LogP contribution in [0.1, 0.15) is 11.1 Å². The monoisotopic (exact) mass is 399 g/mol. The van der Waals surface area contributed by atoms with Crippen molar-refractivity contribution in [2.24, 2.45) is 0 Å². The number of aryl methyl sites for hydroxylation is 1. The maximum atomic E-state index is 12.4. The lowest BCUT2D eigenvalue weighted by molar-refractivity contribution is 0.402. The van der Waals surface area contributed by atoms with Crippen LogP contribution in [-0.2, 0) is 26.6 Å². The lowest BCUT2D eigenvalue weighted by atomic mass is 10.2. The molecule has 0 aliphatic carbocycles. The predicted molar refractivity (Wildman–Crippen MR) is 97.8 cm³/mol. The number of hydrogen-bond acceptors (Lipinski definition) is 6. The van der Waals surface area contributed by atoms with E-state index in [0.717, 1.165) is 5.56 Å². The molecular weight excluding hydrogens is 378 g/mol. The highest BCUT2D eigenvalue weighted by atomic mass is 32.2. The van der Waals surface area contributed by atoms with Gasteiger partial charge in [-0.3, -0.25) is 4.98 Å². The minimum atomic E-state index is -3.89. The number of aromatic nitrogens is 1. The standard InChI is InChI=1S/C16H21N3O5S2/c1-13-5-6-15(24-2)16(10-13)26(22,23)18-8-9-25(20,21)19-12-14-4-3-7-17-11-14/h3-7,10-11,18-19H,8-9,12H2,1-2H3. The Kier molecular flexibility index (Phi) is 6.70. The quantitative estimate of drug-likeness (QED) is 0.644. The molecule has 0 aliphatic heterocycles. The van der Waals surface area contributed by atoms with Crippen molar-refractivity contribution in [3.05, 3.63) is 53.9 Å². The van der Waals surface area contributed by atoms with E-state index in [1.165, 1.54) is 13.2 Å². The molecule has 0 amide bonds. The first-order valence-electron chi connectivity index (χ1n) is 7.74. The first-order valence-corrected chi connectivity index (χ1v) is 10.9. The third kappa shape index (κ3) is 5.77. The molecule has 0 radical (unpaired) electrons. The molecule has 0 aliphatic rings. The fourth-order valence-corrected chi connectivity index (χ4v) is 4.46. The van der Waals surface area contributed by atoms with Gasteiger partial charge in [0.2, 0.25) is 20.0 Å². The SMILES string of the molecule is COc1ccc(C)cc1S(=O)(=O)NCCS(=O)(=O)NCc1cccnc1. The van der Waals surface area contributed by atoms with Crippen LogP contribution in [0.4, 0.5) is 0 Å². The van der Waals surface area contributed by atoms with Gasteiger partial charge in [-0.25, -0.2) is 26.3 Å². The van der Waals surface area contributed by atoms with Gasteiger partial charge < -0.3 is 4.74 Å². The molecule has 142 valence electrons. The predicted octanol–water partition coefficient (Wildman–Crippen LogP) is 0.797. The van der Waals surface area contributed by atoms with Crippen molar-refractivity contribution < 1.29 is 21.6 Å². The molecule has 0 atom stereocenters. The lowest BCUT2D eigenvalue weighted by Gasteiger charge is -2.12. The van der Waals surface area contributed by atoms with Gasteiger partial charge in [-0.1, -0.05) is 12.1 Å². The molecule has 0 bridgehead atoms. The summed E-state index contributed by atoms with van der Waals surface area (Å²) in [6, 6.07) is 8.19. The van der Waals surface area contributed by atoms with E-state index in [0.29, 0.717) is 5.56 Å². The smallest absolute Gasteiger partial charge is 0.244 e. The van der Waals surface area contributed by atoms with E-state index in [1.807, 2.05) is 0 Å². The van der Waals surface area contributed by atoms with Crippen LogP contribution in [0.5, 0.6) is 5.75 Å². The number of nitrogens with one attached hydrogen (secondary N) is 2. The summed E-state index contributed by atoms with van der Waals surface area (Å²) < 4.78 is 58.6. The number of nitrogens with zero attached hydrogens (tertiary/aromatic N) is 1. The van der Waals surface area contributed by atoms with Gasteiger partial charge in [0.05, 0.1) is 12.9 Å². The van der Waals surface area contributed by atoms with Gasteiger partial charge in [-0.2, -0.15) is 0 Å². The van der Waals surface area contributed by atoms with E-state index in [1.54, 1.807) is 43.6 Å². The van der Waals surface area contributed by atoms with Crippen molar-refractivity contribution in [1.82, 2.24) is 14.4 Å². The van der Waals surface area contributed by atoms with Gasteiger partial charge >= 0.3 is 0 Å². The summed E-state index contributed by atoms with van der Waals surface area (Å²) in [4.78, 5) is 3.87. The van der Waals surface area contributed by atoms with Crippen LogP contribution < -0.4 is 14.2 Å². The zero-order valence-electron chi connectivity index (χ0n) is 14.5. The Morgan fingerprint density at radius 2 is 1.88 bits per heavy atom. The molecule has 2 aromatic rings. The van der Waals surface area contributed by atoms with Crippen LogP contribution in [0.2, 0.25) is 0 Å². The first kappa shape index (κ1) is 20.3. The normalized spacial score (nSPS) is 12.1. The average molecular weight is 399 g/mol. The van der Waals surface area contributed by atoms with Gasteiger partial charge in [0.15, 0.2) is 0 Å². The van der Waals surface area contributed by atoms with Crippen LogP contribution in [-0.4, -0.2) is 41.2 Å². The van der Waals surface area contributed by atoms with E-state index in [-0.39, 0.29) is 29.5 Å². The molecule has 2 N–H and O–H groups in total. The van der Waals surface area contributed by atoms with Crippen molar-refractivity contribution in [3.63, 3.8) is 0 Å². The third-order valence-corrected chi connectivity index (χ3v) is 6.30. The number of pyridine rings is 1. The molecular formula is C16H21N3O5S2. The first-order chi connectivity index (χ1) is 12.2. The number of sulfonamides is 2. The van der Waals surface area contributed by atoms with Crippen molar-refractivity contribution in [1.29, 1.82) is 0 Å². The maximum Gasteiger partial charge on any atom is 0.244 e. The van der Waals surface area contributed by atoms with Crippen LogP contribution in [0.15, 0.2) is 47.6 Å². The minimum Gasteiger partial charge on any atom is -0.495 e. The molecule has 2 rings (SSSR count). The highest BCUT2D eigenvalue weighted by Gasteiger charge is 2.20. The van der Waals surface area contributed by atoms with Gasteiger partial charge in [0.25, 0.3) is 0 Å². The second-order valence-electron chi connectivity index (χ2n) is 5.55. The lowest BCUT2D eigenvalue weighted by Crippen LogP contribution is -2.34. The summed E-state index contributed by atoms with van der Waals surface area (Å²) in [6.45, 7) is 1.59. The minimum absolute atomic E-state index is 0.0271. The van der Waals surface area contributed by atoms with Crippen LogP contribution >= 0.6 is 0 Å². The Balaban J connectivity index is 1.96. The van der Waals surface area contributed by atoms with Crippen molar-refractivity contribution in [3.8, 4) is 5.75 Å². The maximum absolute atomic E-state index is 12.4. The summed E-state index contributed by atoms with van der Waals surface area (Å²) in [6.07, 6.45) is 3.14. The molecule has 8 nitrogen and oxygen atoms in total. The summed E-state index contributed by atoms with van der Waals surface area (Å²) >= 11 is 0. The molecule has 0 spiro atoms. The molecule has 1 heterocycles. The summed E-state index contributed by atoms with van der Waals surface area (Å²) in [5.74, 6) is -0.193. The molecule has 0 saturated carbocycles. The summed E-state index contributed by atoms with van der Waals surface area (Å²) in [5, 5.41) is 0. The van der Waals surface area contributed by atoms with Crippen molar-refractivity contribution in [2.75, 3.05) is 19.4 Å². The number of ether oxygens (including phenoxy) is 1. The van der Waals surface area contributed by atoms with Crippen LogP contribution in [0.3, 0.4) is 0 Å². The van der Waals surface area contributed by atoms with E-state index in [2.05, 4.69) is 14.4 Å². The van der Waals surface area contributed by atoms with E-state index >= 15 is 0 Å². The van der Waals surface area contributed by atoms with Gasteiger partial charge in [-0.15, -0.1) is 0 Å². The molecule has 0 unspecified atom stereocenters. The molecule has 1 aromatic carbocycles. The zero-order valence-corrected chi connectivity index (χ0v) is 16.1. The van der Waals surface area contributed by atoms with E-state index in [9.17, 15) is 16.8 Å². The van der Waals surface area contributed by atoms with Gasteiger partial charge in [0, 0.05) is 25.5 Å². The topological polar surface area (TPSA) is 114 Å². The highest BCUT2D eigenvalue weighted by molar-refractivity contribution is 7.90. The Bertz CT molecular complexity index is 945. The number of rotatable bonds is 9. The van der Waals surface area contributed by atoms with E-state index in [4.69, 9.17) is 4.74 Å². The van der Waals surface area contributed by atoms with Crippen LogP contribution in [0.25, 0.3) is 0 Å². The fraction of sp³-hybridized carbons (Fsp3) is 0.312. The molecule has 1 aromatic heterocycles. The summed E-state index contributed by atoms with van der Waals surface area (Å²) in [5.41, 5.74) is 1.46. The van der Waals surface area contributed by atoms with Gasteiger partial charge in [0.1, 0.15) is 10.6 Å². The third-order valence-electron chi connectivity index (χ3n) is 3.49. The molecule has 0 saturated heterocycles. The Morgan fingerprint density at radius 3 is 2.54 bits per heavy atom. The largest absolute Gasteiger partial charge is 0.495 e. The second kappa shape index (κ2) is 8.58. The van der Waals surface area contributed by atoms with Gasteiger partial charge in [-0.05, 0) is 36.2 Å². The number of benzene rings is 1. The highest BCUT2D eigenvalue weighted by Crippen LogP contribution is 2.24. The van der Waals surface area contributed by atoms with Crippen molar-refractivity contribution >= 4 is 20.0 Å².